The van der Waals surface area contributed by atoms with Crippen LogP contribution in [0.25, 0.3) is 0 Å². The fourth-order valence-corrected chi connectivity index (χ4v) is 1.98. The number of rotatable bonds is 6. The summed E-state index contributed by atoms with van der Waals surface area (Å²) in [5.41, 5.74) is 5.22. The molecule has 1 rings (SSSR count). The Kier molecular flexibility index (Phi) is 5.56. The summed E-state index contributed by atoms with van der Waals surface area (Å²) in [6.45, 7) is 5.16. The van der Waals surface area contributed by atoms with Gasteiger partial charge in [-0.05, 0) is 23.6 Å². The Morgan fingerprint density at radius 2 is 1.80 bits per heavy atom. The third kappa shape index (κ3) is 5.61. The predicted molar refractivity (Wildman–Crippen MR) is 70.8 cm³/mol. The number of amides is 1. The molecule has 2 N–H and O–H groups in total. The van der Waals surface area contributed by atoms with Gasteiger partial charge in [0.25, 0.3) is 0 Å². The largest absolute Gasteiger partial charge is 0.416 e. The average Bonchev–Trinajstić information content (AvgIpc) is 2.26. The molecular weight excluding hydrogens is 269 g/mol. The Bertz CT molecular complexity index is 441. The van der Waals surface area contributed by atoms with E-state index in [4.69, 9.17) is 5.73 Å². The number of halogens is 3. The number of carbonyl (C=O) groups excluding carboxylic acids is 1. The molecule has 0 atom stereocenters. The van der Waals surface area contributed by atoms with Crippen LogP contribution in [0.15, 0.2) is 24.3 Å². The normalized spacial score (nSPS) is 12.2. The van der Waals surface area contributed by atoms with Crippen molar-refractivity contribution in [1.29, 1.82) is 0 Å². The van der Waals surface area contributed by atoms with Crippen molar-refractivity contribution < 1.29 is 18.0 Å². The highest BCUT2D eigenvalue weighted by molar-refractivity contribution is 5.75. The second kappa shape index (κ2) is 6.74. The van der Waals surface area contributed by atoms with Crippen LogP contribution in [0.2, 0.25) is 0 Å². The van der Waals surface area contributed by atoms with E-state index in [-0.39, 0.29) is 6.54 Å². The summed E-state index contributed by atoms with van der Waals surface area (Å²) in [6, 6.07) is 4.95. The number of nitrogens with two attached hydrogens (primary N) is 1. The fourth-order valence-electron chi connectivity index (χ4n) is 1.98. The molecule has 0 saturated heterocycles. The summed E-state index contributed by atoms with van der Waals surface area (Å²) in [5.74, 6) is -0.110. The first-order valence-electron chi connectivity index (χ1n) is 6.35. The van der Waals surface area contributed by atoms with Crippen molar-refractivity contribution in [2.24, 2.45) is 11.7 Å². The smallest absolute Gasteiger partial charge is 0.369 e. The number of hydrogen-bond donors (Lipinski definition) is 1. The molecular formula is C14H19F3N2O. The monoisotopic (exact) mass is 288 g/mol. The highest BCUT2D eigenvalue weighted by atomic mass is 19.4. The Morgan fingerprint density at radius 1 is 1.25 bits per heavy atom. The Morgan fingerprint density at radius 3 is 2.20 bits per heavy atom. The molecule has 0 spiro atoms. The van der Waals surface area contributed by atoms with Gasteiger partial charge in [0.2, 0.25) is 5.91 Å². The third-order valence-corrected chi connectivity index (χ3v) is 2.69. The summed E-state index contributed by atoms with van der Waals surface area (Å²) in [4.78, 5) is 12.8. The quantitative estimate of drug-likeness (QED) is 0.874. The van der Waals surface area contributed by atoms with E-state index in [9.17, 15) is 18.0 Å². The molecule has 0 heterocycles. The van der Waals surface area contributed by atoms with Crippen molar-refractivity contribution in [3.8, 4) is 0 Å². The van der Waals surface area contributed by atoms with Crippen LogP contribution in [0.4, 0.5) is 13.2 Å². The molecule has 1 amide bonds. The SMILES string of the molecule is CC(C)CN(CC(N)=O)Cc1ccc(C(F)(F)F)cc1. The number of nitrogens with zero attached hydrogens (tertiary/aromatic N) is 1. The maximum Gasteiger partial charge on any atom is 0.416 e. The molecule has 1 aromatic carbocycles. The third-order valence-electron chi connectivity index (χ3n) is 2.69. The van der Waals surface area contributed by atoms with E-state index < -0.39 is 17.6 Å². The van der Waals surface area contributed by atoms with E-state index in [0.717, 1.165) is 17.7 Å². The molecule has 0 aliphatic carbocycles. The van der Waals surface area contributed by atoms with Gasteiger partial charge in [0, 0.05) is 13.1 Å². The Balaban J connectivity index is 2.75. The lowest BCUT2D eigenvalue weighted by atomic mass is 10.1. The van der Waals surface area contributed by atoms with Crippen LogP contribution >= 0.6 is 0 Å². The van der Waals surface area contributed by atoms with Crippen molar-refractivity contribution >= 4 is 5.91 Å². The molecule has 3 nitrogen and oxygen atoms in total. The van der Waals surface area contributed by atoms with Crippen LogP contribution in [0, 0.1) is 5.92 Å². The lowest BCUT2D eigenvalue weighted by molar-refractivity contribution is -0.137. The van der Waals surface area contributed by atoms with E-state index in [1.807, 2.05) is 18.7 Å². The lowest BCUT2D eigenvalue weighted by Crippen LogP contribution is -2.35. The molecule has 20 heavy (non-hydrogen) atoms. The van der Waals surface area contributed by atoms with Gasteiger partial charge in [-0.3, -0.25) is 9.69 Å². The zero-order valence-electron chi connectivity index (χ0n) is 11.6. The van der Waals surface area contributed by atoms with Crippen LogP contribution in [0.3, 0.4) is 0 Å². The molecule has 0 radical (unpaired) electrons. The molecule has 0 aliphatic rings. The van der Waals surface area contributed by atoms with Crippen molar-refractivity contribution in [1.82, 2.24) is 4.90 Å². The summed E-state index contributed by atoms with van der Waals surface area (Å²) in [7, 11) is 0. The molecule has 0 fully saturated rings. The molecule has 0 aliphatic heterocycles. The minimum Gasteiger partial charge on any atom is -0.369 e. The number of alkyl halides is 3. The second-order valence-corrected chi connectivity index (χ2v) is 5.22. The highest BCUT2D eigenvalue weighted by Gasteiger charge is 2.29. The summed E-state index contributed by atoms with van der Waals surface area (Å²) >= 11 is 0. The Labute approximate surface area is 116 Å². The minimum absolute atomic E-state index is 0.0964. The van der Waals surface area contributed by atoms with Crippen LogP contribution in [-0.2, 0) is 17.5 Å². The number of benzene rings is 1. The van der Waals surface area contributed by atoms with Gasteiger partial charge in [-0.15, -0.1) is 0 Å². The van der Waals surface area contributed by atoms with E-state index in [2.05, 4.69) is 0 Å². The van der Waals surface area contributed by atoms with E-state index >= 15 is 0 Å². The zero-order valence-corrected chi connectivity index (χ0v) is 11.6. The van der Waals surface area contributed by atoms with Crippen LogP contribution in [0.5, 0.6) is 0 Å². The van der Waals surface area contributed by atoms with E-state index in [1.54, 1.807) is 0 Å². The highest BCUT2D eigenvalue weighted by Crippen LogP contribution is 2.29. The standard InChI is InChI=1S/C14H19F3N2O/c1-10(2)7-19(9-13(18)20)8-11-3-5-12(6-4-11)14(15,16)17/h3-6,10H,7-9H2,1-2H3,(H2,18,20). The van der Waals surface area contributed by atoms with E-state index in [1.165, 1.54) is 12.1 Å². The van der Waals surface area contributed by atoms with Crippen LogP contribution < -0.4 is 5.73 Å². The van der Waals surface area contributed by atoms with Gasteiger partial charge in [0.1, 0.15) is 0 Å². The molecule has 1 aromatic rings. The zero-order chi connectivity index (χ0) is 15.3. The van der Waals surface area contributed by atoms with Gasteiger partial charge in [0.05, 0.1) is 12.1 Å². The second-order valence-electron chi connectivity index (χ2n) is 5.22. The molecule has 0 unspecified atom stereocenters. The van der Waals surface area contributed by atoms with Gasteiger partial charge in [0.15, 0.2) is 0 Å². The first kappa shape index (κ1) is 16.5. The van der Waals surface area contributed by atoms with Gasteiger partial charge >= 0.3 is 6.18 Å². The maximum atomic E-state index is 12.5. The molecule has 112 valence electrons. The van der Waals surface area contributed by atoms with E-state index in [0.29, 0.717) is 19.0 Å². The lowest BCUT2D eigenvalue weighted by Gasteiger charge is -2.23. The topological polar surface area (TPSA) is 46.3 Å². The van der Waals surface area contributed by atoms with Crippen molar-refractivity contribution in [3.63, 3.8) is 0 Å². The number of hydrogen-bond acceptors (Lipinski definition) is 2. The fraction of sp³-hybridized carbons (Fsp3) is 0.500. The molecule has 0 saturated carbocycles. The van der Waals surface area contributed by atoms with Gasteiger partial charge in [-0.2, -0.15) is 13.2 Å². The summed E-state index contributed by atoms with van der Waals surface area (Å²) < 4.78 is 37.4. The predicted octanol–water partition coefficient (Wildman–Crippen LogP) is 2.65. The Hall–Kier alpha value is -1.56. The molecule has 0 aromatic heterocycles. The summed E-state index contributed by atoms with van der Waals surface area (Å²) in [5, 5.41) is 0. The minimum atomic E-state index is -4.33. The maximum absolute atomic E-state index is 12.5. The van der Waals surface area contributed by atoms with Crippen LogP contribution in [0.1, 0.15) is 25.0 Å². The van der Waals surface area contributed by atoms with Crippen molar-refractivity contribution in [3.05, 3.63) is 35.4 Å². The van der Waals surface area contributed by atoms with Crippen molar-refractivity contribution in [2.75, 3.05) is 13.1 Å². The summed E-state index contributed by atoms with van der Waals surface area (Å²) in [6.07, 6.45) is -4.33. The van der Waals surface area contributed by atoms with Gasteiger partial charge in [-0.25, -0.2) is 0 Å². The number of primary amides is 1. The van der Waals surface area contributed by atoms with Gasteiger partial charge < -0.3 is 5.73 Å². The first-order chi connectivity index (χ1) is 9.18. The first-order valence-corrected chi connectivity index (χ1v) is 6.35. The molecule has 6 heteroatoms. The van der Waals surface area contributed by atoms with Crippen LogP contribution in [-0.4, -0.2) is 23.9 Å². The van der Waals surface area contributed by atoms with Gasteiger partial charge in [-0.1, -0.05) is 26.0 Å². The molecule has 0 bridgehead atoms. The number of carbonyl (C=O) groups is 1. The average molecular weight is 288 g/mol. The van der Waals surface area contributed by atoms with Crippen molar-refractivity contribution in [2.45, 2.75) is 26.6 Å².